The predicted molar refractivity (Wildman–Crippen MR) is 83.8 cm³/mol. The Kier molecular flexibility index (Phi) is 4.97. The van der Waals surface area contributed by atoms with Crippen molar-refractivity contribution >= 4 is 21.4 Å². The largest absolute Gasteiger partial charge is 0.380 e. The summed E-state index contributed by atoms with van der Waals surface area (Å²) >= 11 is 1.90. The Labute approximate surface area is 119 Å². The molecule has 0 bridgehead atoms. The van der Waals surface area contributed by atoms with Crippen molar-refractivity contribution in [3.8, 4) is 0 Å². The first-order valence-electron chi connectivity index (χ1n) is 6.83. The minimum Gasteiger partial charge on any atom is -0.380 e. The minimum atomic E-state index is 0.682. The van der Waals surface area contributed by atoms with Gasteiger partial charge in [0.1, 0.15) is 0 Å². The number of aryl methyl sites for hydroxylation is 1. The average molecular weight is 277 g/mol. The van der Waals surface area contributed by atoms with Gasteiger partial charge in [-0.2, -0.15) is 0 Å². The van der Waals surface area contributed by atoms with Crippen LogP contribution in [0.2, 0.25) is 0 Å². The van der Waals surface area contributed by atoms with Gasteiger partial charge >= 0.3 is 0 Å². The second-order valence-electron chi connectivity index (χ2n) is 5.41. The number of hydrogen-bond donors (Lipinski definition) is 1. The normalized spacial score (nSPS) is 11.6. The van der Waals surface area contributed by atoms with Crippen molar-refractivity contribution in [1.82, 2.24) is 5.32 Å². The maximum atomic E-state index is 5.38. The van der Waals surface area contributed by atoms with E-state index in [1.54, 1.807) is 7.11 Å². The Hall–Kier alpha value is -0.900. The van der Waals surface area contributed by atoms with E-state index in [0.717, 1.165) is 13.1 Å². The molecule has 0 spiro atoms. The van der Waals surface area contributed by atoms with E-state index in [1.807, 2.05) is 11.3 Å². The first-order chi connectivity index (χ1) is 9.13. The Morgan fingerprint density at radius 1 is 1.32 bits per heavy atom. The molecule has 2 aromatic rings. The lowest BCUT2D eigenvalue weighted by Gasteiger charge is -2.08. The molecule has 104 valence electrons. The van der Waals surface area contributed by atoms with Crippen molar-refractivity contribution in [2.45, 2.75) is 33.9 Å². The van der Waals surface area contributed by atoms with Gasteiger partial charge in [-0.3, -0.25) is 0 Å². The van der Waals surface area contributed by atoms with Crippen LogP contribution >= 0.6 is 11.3 Å². The highest BCUT2D eigenvalue weighted by Gasteiger charge is 2.13. The predicted octanol–water partition coefficient (Wildman–Crippen LogP) is 4.10. The topological polar surface area (TPSA) is 21.3 Å². The van der Waals surface area contributed by atoms with Crippen LogP contribution in [0.4, 0.5) is 0 Å². The summed E-state index contributed by atoms with van der Waals surface area (Å²) in [5.41, 5.74) is 2.71. The zero-order valence-corrected chi connectivity index (χ0v) is 13.1. The van der Waals surface area contributed by atoms with Crippen molar-refractivity contribution in [3.05, 3.63) is 34.2 Å². The second-order valence-corrected chi connectivity index (χ2v) is 6.52. The maximum Gasteiger partial charge on any atom is 0.0730 e. The third kappa shape index (κ3) is 3.35. The lowest BCUT2D eigenvalue weighted by atomic mass is 10.1. The second kappa shape index (κ2) is 6.51. The molecule has 19 heavy (non-hydrogen) atoms. The third-order valence-corrected chi connectivity index (χ3v) is 4.61. The molecule has 0 saturated carbocycles. The number of methoxy groups -OCH3 is 1. The fourth-order valence-electron chi connectivity index (χ4n) is 2.28. The van der Waals surface area contributed by atoms with Gasteiger partial charge in [-0.1, -0.05) is 32.0 Å². The zero-order chi connectivity index (χ0) is 13.8. The monoisotopic (exact) mass is 277 g/mol. The number of benzene rings is 1. The molecule has 0 aliphatic carbocycles. The molecule has 1 aromatic heterocycles. The Morgan fingerprint density at radius 2 is 2.11 bits per heavy atom. The van der Waals surface area contributed by atoms with Crippen LogP contribution < -0.4 is 5.32 Å². The first kappa shape index (κ1) is 14.5. The molecule has 0 saturated heterocycles. The summed E-state index contributed by atoms with van der Waals surface area (Å²) < 4.78 is 6.78. The van der Waals surface area contributed by atoms with Gasteiger partial charge < -0.3 is 10.1 Å². The quantitative estimate of drug-likeness (QED) is 0.858. The van der Waals surface area contributed by atoms with Gasteiger partial charge in [0.15, 0.2) is 0 Å². The van der Waals surface area contributed by atoms with E-state index in [-0.39, 0.29) is 0 Å². The van der Waals surface area contributed by atoms with Crippen LogP contribution in [0.3, 0.4) is 0 Å². The van der Waals surface area contributed by atoms with Crippen molar-refractivity contribution in [3.63, 3.8) is 0 Å². The van der Waals surface area contributed by atoms with Gasteiger partial charge in [0.2, 0.25) is 0 Å². The summed E-state index contributed by atoms with van der Waals surface area (Å²) in [5.74, 6) is 0.682. The standard InChI is InChI=1S/C16H23NOS/c1-11(2)8-17-9-15-14(10-18-4)13-7-5-6-12(3)16(13)19-15/h5-7,11,17H,8-10H2,1-4H3. The van der Waals surface area contributed by atoms with Crippen molar-refractivity contribution in [2.24, 2.45) is 5.92 Å². The number of nitrogens with one attached hydrogen (secondary N) is 1. The smallest absolute Gasteiger partial charge is 0.0730 e. The fraction of sp³-hybridized carbons (Fsp3) is 0.500. The summed E-state index contributed by atoms with van der Waals surface area (Å²) in [5, 5.41) is 4.89. The van der Waals surface area contributed by atoms with E-state index >= 15 is 0 Å². The Morgan fingerprint density at radius 3 is 2.79 bits per heavy atom. The first-order valence-corrected chi connectivity index (χ1v) is 7.64. The zero-order valence-electron chi connectivity index (χ0n) is 12.2. The van der Waals surface area contributed by atoms with Gasteiger partial charge in [-0.05, 0) is 30.3 Å². The molecule has 0 fully saturated rings. The van der Waals surface area contributed by atoms with Crippen LogP contribution in [0.15, 0.2) is 18.2 Å². The van der Waals surface area contributed by atoms with E-state index in [4.69, 9.17) is 4.74 Å². The molecule has 3 heteroatoms. The lowest BCUT2D eigenvalue weighted by Crippen LogP contribution is -2.19. The summed E-state index contributed by atoms with van der Waals surface area (Å²) in [7, 11) is 1.77. The molecular formula is C16H23NOS. The molecule has 2 nitrogen and oxygen atoms in total. The molecule has 1 N–H and O–H groups in total. The molecule has 1 heterocycles. The maximum absolute atomic E-state index is 5.38. The van der Waals surface area contributed by atoms with Gasteiger partial charge in [-0.15, -0.1) is 11.3 Å². The molecule has 1 aromatic carbocycles. The number of thiophene rings is 1. The highest BCUT2D eigenvalue weighted by molar-refractivity contribution is 7.19. The minimum absolute atomic E-state index is 0.682. The van der Waals surface area contributed by atoms with E-state index in [9.17, 15) is 0 Å². The highest BCUT2D eigenvalue weighted by atomic mass is 32.1. The number of fused-ring (bicyclic) bond motifs is 1. The van der Waals surface area contributed by atoms with Crippen LogP contribution in [-0.2, 0) is 17.9 Å². The molecule has 0 unspecified atom stereocenters. The number of ether oxygens (including phenoxy) is 1. The van der Waals surface area contributed by atoms with E-state index in [1.165, 1.54) is 26.1 Å². The molecule has 2 rings (SSSR count). The fourth-order valence-corrected chi connectivity index (χ4v) is 3.52. The van der Waals surface area contributed by atoms with Gasteiger partial charge in [0, 0.05) is 28.8 Å². The summed E-state index contributed by atoms with van der Waals surface area (Å²) in [6.07, 6.45) is 0. The molecule has 0 aliphatic heterocycles. The van der Waals surface area contributed by atoms with E-state index in [0.29, 0.717) is 12.5 Å². The third-order valence-electron chi connectivity index (χ3n) is 3.23. The van der Waals surface area contributed by atoms with Gasteiger partial charge in [0.05, 0.1) is 6.61 Å². The lowest BCUT2D eigenvalue weighted by molar-refractivity contribution is 0.185. The van der Waals surface area contributed by atoms with Gasteiger partial charge in [0.25, 0.3) is 0 Å². The molecule has 0 amide bonds. The van der Waals surface area contributed by atoms with Gasteiger partial charge in [-0.25, -0.2) is 0 Å². The van der Waals surface area contributed by atoms with Crippen LogP contribution in [0.25, 0.3) is 10.1 Å². The summed E-state index contributed by atoms with van der Waals surface area (Å²) in [6, 6.07) is 6.52. The van der Waals surface area contributed by atoms with Crippen molar-refractivity contribution in [2.75, 3.05) is 13.7 Å². The van der Waals surface area contributed by atoms with E-state index in [2.05, 4.69) is 44.3 Å². The SMILES string of the molecule is COCc1c(CNCC(C)C)sc2c(C)cccc12. The summed E-state index contributed by atoms with van der Waals surface area (Å²) in [4.78, 5) is 1.41. The van der Waals surface area contributed by atoms with Crippen LogP contribution in [0.5, 0.6) is 0 Å². The number of rotatable bonds is 6. The number of hydrogen-bond acceptors (Lipinski definition) is 3. The molecule has 0 radical (unpaired) electrons. The Balaban J connectivity index is 2.30. The molecule has 0 atom stereocenters. The highest BCUT2D eigenvalue weighted by Crippen LogP contribution is 2.34. The van der Waals surface area contributed by atoms with Crippen LogP contribution in [0.1, 0.15) is 29.9 Å². The van der Waals surface area contributed by atoms with Crippen molar-refractivity contribution in [1.29, 1.82) is 0 Å². The molecule has 0 aliphatic rings. The van der Waals surface area contributed by atoms with Crippen LogP contribution in [0, 0.1) is 12.8 Å². The summed E-state index contributed by atoms with van der Waals surface area (Å²) in [6.45, 7) is 9.34. The average Bonchev–Trinajstić information content (AvgIpc) is 2.70. The Bertz CT molecular complexity index is 545. The van der Waals surface area contributed by atoms with Crippen molar-refractivity contribution < 1.29 is 4.74 Å². The van der Waals surface area contributed by atoms with E-state index < -0.39 is 0 Å². The van der Waals surface area contributed by atoms with Crippen LogP contribution in [-0.4, -0.2) is 13.7 Å². The molecular weight excluding hydrogens is 254 g/mol.